The molecule has 0 saturated carbocycles. The number of carbonyl (C=O) groups excluding carboxylic acids is 2. The molecular weight excluding hydrogens is 328 g/mol. The third kappa shape index (κ3) is 4.99. The number of methoxy groups -OCH3 is 1. The zero-order valence-electron chi connectivity index (χ0n) is 13.6. The minimum absolute atomic E-state index is 0.115. The first-order valence-electron chi connectivity index (χ1n) is 7.44. The van der Waals surface area contributed by atoms with Gasteiger partial charge in [-0.15, -0.1) is 0 Å². The minimum atomic E-state index is -0.337. The van der Waals surface area contributed by atoms with Crippen LogP contribution in [0.4, 0.5) is 5.69 Å². The lowest BCUT2D eigenvalue weighted by atomic mass is 10.1. The van der Waals surface area contributed by atoms with Crippen molar-refractivity contribution in [1.29, 1.82) is 0 Å². The number of nitrogens with one attached hydrogen (secondary N) is 2. The van der Waals surface area contributed by atoms with Gasteiger partial charge in [0.2, 0.25) is 11.8 Å². The predicted molar refractivity (Wildman–Crippen MR) is 94.5 cm³/mol. The molecule has 0 atom stereocenters. The number of hydrogen-bond acceptors (Lipinski definition) is 3. The monoisotopic (exact) mass is 346 g/mol. The van der Waals surface area contributed by atoms with Gasteiger partial charge in [0.25, 0.3) is 0 Å². The maximum Gasteiger partial charge on any atom is 0.243 e. The van der Waals surface area contributed by atoms with Crippen LogP contribution in [0.1, 0.15) is 11.1 Å². The number of amides is 2. The van der Waals surface area contributed by atoms with E-state index in [1.54, 1.807) is 12.1 Å². The smallest absolute Gasteiger partial charge is 0.243 e. The summed E-state index contributed by atoms with van der Waals surface area (Å²) in [5, 5.41) is 5.86. The zero-order valence-corrected chi connectivity index (χ0v) is 14.3. The maximum atomic E-state index is 12.0. The second kappa shape index (κ2) is 8.36. The SMILES string of the molecule is COc1cc(Cl)c(C)cc1NC(=O)CNC(=O)Cc1ccccc1. The molecule has 0 heterocycles. The van der Waals surface area contributed by atoms with E-state index in [2.05, 4.69) is 10.6 Å². The first-order valence-corrected chi connectivity index (χ1v) is 7.82. The number of ether oxygens (including phenoxy) is 1. The van der Waals surface area contributed by atoms with Gasteiger partial charge in [-0.25, -0.2) is 0 Å². The van der Waals surface area contributed by atoms with Crippen LogP contribution >= 0.6 is 11.6 Å². The third-order valence-corrected chi connectivity index (χ3v) is 3.82. The molecule has 2 amide bonds. The molecule has 2 N–H and O–H groups in total. The topological polar surface area (TPSA) is 67.4 Å². The molecule has 2 aromatic carbocycles. The molecule has 2 aromatic rings. The lowest BCUT2D eigenvalue weighted by molar-refractivity contribution is -0.123. The average molecular weight is 347 g/mol. The fourth-order valence-electron chi connectivity index (χ4n) is 2.15. The van der Waals surface area contributed by atoms with Gasteiger partial charge in [0, 0.05) is 11.1 Å². The summed E-state index contributed by atoms with van der Waals surface area (Å²) in [7, 11) is 1.50. The number of carbonyl (C=O) groups is 2. The van der Waals surface area contributed by atoms with Crippen molar-refractivity contribution in [3.05, 3.63) is 58.6 Å². The van der Waals surface area contributed by atoms with E-state index < -0.39 is 0 Å². The Morgan fingerprint density at radius 3 is 2.50 bits per heavy atom. The molecule has 0 spiro atoms. The molecule has 5 nitrogen and oxygen atoms in total. The number of anilines is 1. The van der Waals surface area contributed by atoms with E-state index >= 15 is 0 Å². The standard InChI is InChI=1S/C18H19ClN2O3/c1-12-8-15(16(24-2)10-14(12)19)21-18(23)11-20-17(22)9-13-6-4-3-5-7-13/h3-8,10H,9,11H2,1-2H3,(H,20,22)(H,21,23). The number of benzene rings is 2. The molecule has 0 saturated heterocycles. The molecule has 0 fully saturated rings. The van der Waals surface area contributed by atoms with Crippen molar-refractivity contribution >= 4 is 29.1 Å². The van der Waals surface area contributed by atoms with E-state index in [0.717, 1.165) is 11.1 Å². The van der Waals surface area contributed by atoms with Gasteiger partial charge < -0.3 is 15.4 Å². The van der Waals surface area contributed by atoms with E-state index in [1.165, 1.54) is 7.11 Å². The van der Waals surface area contributed by atoms with Crippen molar-refractivity contribution in [3.8, 4) is 5.75 Å². The van der Waals surface area contributed by atoms with Crippen LogP contribution in [-0.2, 0) is 16.0 Å². The Kier molecular flexibility index (Phi) is 6.21. The van der Waals surface area contributed by atoms with Crippen LogP contribution in [0.25, 0.3) is 0 Å². The van der Waals surface area contributed by atoms with E-state index in [4.69, 9.17) is 16.3 Å². The molecule has 0 aliphatic heterocycles. The second-order valence-electron chi connectivity index (χ2n) is 5.29. The summed E-state index contributed by atoms with van der Waals surface area (Å²) >= 11 is 6.03. The Labute approximate surface area is 146 Å². The quantitative estimate of drug-likeness (QED) is 0.845. The van der Waals surface area contributed by atoms with Crippen molar-refractivity contribution in [2.45, 2.75) is 13.3 Å². The highest BCUT2D eigenvalue weighted by Crippen LogP contribution is 2.30. The Morgan fingerprint density at radius 2 is 1.83 bits per heavy atom. The van der Waals surface area contributed by atoms with Crippen LogP contribution < -0.4 is 15.4 Å². The third-order valence-electron chi connectivity index (χ3n) is 3.41. The molecule has 0 aromatic heterocycles. The van der Waals surface area contributed by atoms with Crippen molar-refractivity contribution in [2.75, 3.05) is 19.0 Å². The highest BCUT2D eigenvalue weighted by atomic mass is 35.5. The highest BCUT2D eigenvalue weighted by molar-refractivity contribution is 6.31. The average Bonchev–Trinajstić information content (AvgIpc) is 2.57. The molecule has 2 rings (SSSR count). The van der Waals surface area contributed by atoms with Gasteiger partial charge in [-0.3, -0.25) is 9.59 Å². The number of aryl methyl sites for hydroxylation is 1. The van der Waals surface area contributed by atoms with Crippen molar-refractivity contribution < 1.29 is 14.3 Å². The molecule has 0 unspecified atom stereocenters. The molecule has 6 heteroatoms. The largest absolute Gasteiger partial charge is 0.495 e. The molecule has 0 radical (unpaired) electrons. The first kappa shape index (κ1) is 17.8. The van der Waals surface area contributed by atoms with Gasteiger partial charge in [-0.2, -0.15) is 0 Å². The maximum absolute atomic E-state index is 12.0. The van der Waals surface area contributed by atoms with Gasteiger partial charge >= 0.3 is 0 Å². The van der Waals surface area contributed by atoms with Crippen LogP contribution in [0.3, 0.4) is 0 Å². The van der Waals surface area contributed by atoms with Gasteiger partial charge in [0.15, 0.2) is 0 Å². The fraction of sp³-hybridized carbons (Fsp3) is 0.222. The van der Waals surface area contributed by atoms with E-state index in [0.29, 0.717) is 16.5 Å². The Balaban J connectivity index is 1.89. The number of rotatable bonds is 6. The van der Waals surface area contributed by atoms with E-state index in [9.17, 15) is 9.59 Å². The van der Waals surface area contributed by atoms with Gasteiger partial charge in [-0.1, -0.05) is 41.9 Å². The molecule has 0 bridgehead atoms. The molecule has 126 valence electrons. The van der Waals surface area contributed by atoms with Crippen LogP contribution in [0.15, 0.2) is 42.5 Å². The van der Waals surface area contributed by atoms with Gasteiger partial charge in [-0.05, 0) is 24.1 Å². The summed E-state index contributed by atoms with van der Waals surface area (Å²) in [4.78, 5) is 23.9. The molecular formula is C18H19ClN2O3. The predicted octanol–water partition coefficient (Wildman–Crippen LogP) is 2.95. The van der Waals surface area contributed by atoms with E-state index in [-0.39, 0.29) is 24.8 Å². The number of halogens is 1. The van der Waals surface area contributed by atoms with Crippen LogP contribution in [0, 0.1) is 6.92 Å². The normalized spacial score (nSPS) is 10.1. The molecule has 24 heavy (non-hydrogen) atoms. The summed E-state index contributed by atoms with van der Waals surface area (Å²) in [6.07, 6.45) is 0.234. The van der Waals surface area contributed by atoms with Crippen molar-refractivity contribution in [2.24, 2.45) is 0 Å². The summed E-state index contributed by atoms with van der Waals surface area (Å²) in [6, 6.07) is 12.7. The van der Waals surface area contributed by atoms with Gasteiger partial charge in [0.05, 0.1) is 25.8 Å². The lowest BCUT2D eigenvalue weighted by Gasteiger charge is -2.12. The molecule has 0 aliphatic carbocycles. The lowest BCUT2D eigenvalue weighted by Crippen LogP contribution is -2.33. The molecule has 0 aliphatic rings. The Bertz CT molecular complexity index is 733. The summed E-state index contributed by atoms with van der Waals surface area (Å²) in [5.41, 5.74) is 2.23. The minimum Gasteiger partial charge on any atom is -0.495 e. The summed E-state index contributed by atoms with van der Waals surface area (Å²) in [5.74, 6) is -0.0819. The first-order chi connectivity index (χ1) is 11.5. The highest BCUT2D eigenvalue weighted by Gasteiger charge is 2.11. The van der Waals surface area contributed by atoms with Crippen LogP contribution in [0.5, 0.6) is 5.75 Å². The Hall–Kier alpha value is -2.53. The van der Waals surface area contributed by atoms with Crippen molar-refractivity contribution in [1.82, 2.24) is 5.32 Å². The second-order valence-corrected chi connectivity index (χ2v) is 5.70. The van der Waals surface area contributed by atoms with Gasteiger partial charge in [0.1, 0.15) is 5.75 Å². The van der Waals surface area contributed by atoms with Crippen LogP contribution in [-0.4, -0.2) is 25.5 Å². The fourth-order valence-corrected chi connectivity index (χ4v) is 2.30. The zero-order chi connectivity index (χ0) is 17.5. The van der Waals surface area contributed by atoms with Crippen LogP contribution in [0.2, 0.25) is 5.02 Å². The van der Waals surface area contributed by atoms with Crippen molar-refractivity contribution in [3.63, 3.8) is 0 Å². The summed E-state index contributed by atoms with van der Waals surface area (Å²) in [6.45, 7) is 1.72. The number of hydrogen-bond donors (Lipinski definition) is 2. The van der Waals surface area contributed by atoms with E-state index in [1.807, 2.05) is 37.3 Å². The Morgan fingerprint density at radius 1 is 1.12 bits per heavy atom. The summed E-state index contributed by atoms with van der Waals surface area (Å²) < 4.78 is 5.20.